The molecule has 1 aliphatic rings. The summed E-state index contributed by atoms with van der Waals surface area (Å²) >= 11 is 0. The van der Waals surface area contributed by atoms with Gasteiger partial charge in [-0.15, -0.1) is 0 Å². The Labute approximate surface area is 140 Å². The van der Waals surface area contributed by atoms with Crippen LogP contribution >= 0.6 is 0 Å². The van der Waals surface area contributed by atoms with Gasteiger partial charge in [0.15, 0.2) is 0 Å². The van der Waals surface area contributed by atoms with E-state index in [-0.39, 0.29) is 12.1 Å². The molecule has 1 saturated heterocycles. The van der Waals surface area contributed by atoms with Crippen LogP contribution in [0.1, 0.15) is 41.0 Å². The summed E-state index contributed by atoms with van der Waals surface area (Å²) in [6, 6.07) is 7.79. The number of benzene rings is 1. The summed E-state index contributed by atoms with van der Waals surface area (Å²) in [5.41, 5.74) is 1.63. The second-order valence-electron chi connectivity index (χ2n) is 6.01. The Morgan fingerprint density at radius 1 is 1.21 bits per heavy atom. The molecule has 24 heavy (non-hydrogen) atoms. The van der Waals surface area contributed by atoms with Crippen molar-refractivity contribution in [2.45, 2.75) is 32.7 Å². The summed E-state index contributed by atoms with van der Waals surface area (Å²) in [5.74, 6) is -0.253. The van der Waals surface area contributed by atoms with Crippen LogP contribution in [0.5, 0.6) is 0 Å². The molecule has 5 nitrogen and oxygen atoms in total. The zero-order valence-electron chi connectivity index (χ0n) is 13.8. The number of piperidine rings is 1. The maximum atomic E-state index is 13.6. The van der Waals surface area contributed by atoms with Gasteiger partial charge in [-0.3, -0.25) is 4.79 Å². The van der Waals surface area contributed by atoms with E-state index >= 15 is 0 Å². The average molecular weight is 328 g/mol. The first-order chi connectivity index (χ1) is 11.6. The number of amides is 1. The number of anilines is 1. The van der Waals surface area contributed by atoms with Gasteiger partial charge in [0.05, 0.1) is 17.8 Å². The zero-order valence-corrected chi connectivity index (χ0v) is 13.8. The van der Waals surface area contributed by atoms with Crippen LogP contribution in [0.2, 0.25) is 0 Å². The second kappa shape index (κ2) is 7.38. The minimum Gasteiger partial charge on any atom is -0.346 e. The molecule has 1 amide bonds. The lowest BCUT2D eigenvalue weighted by Gasteiger charge is -2.27. The summed E-state index contributed by atoms with van der Waals surface area (Å²) in [5, 5.41) is 2.73. The standard InChI is InChI=1S/C18H21FN4O/c1-13-11-14(22-18(21-13)23-9-5-2-6-10-23)12-20-17(24)15-7-3-4-8-16(15)19/h3-4,7-8,11H,2,5-6,9-10,12H2,1H3,(H,20,24). The molecule has 1 aromatic heterocycles. The summed E-state index contributed by atoms with van der Waals surface area (Å²) in [4.78, 5) is 23.3. The molecule has 0 unspecified atom stereocenters. The van der Waals surface area contributed by atoms with Gasteiger partial charge in [0.2, 0.25) is 5.95 Å². The largest absolute Gasteiger partial charge is 0.346 e. The van der Waals surface area contributed by atoms with Crippen molar-refractivity contribution >= 4 is 11.9 Å². The summed E-state index contributed by atoms with van der Waals surface area (Å²) in [6.07, 6.45) is 3.54. The fourth-order valence-corrected chi connectivity index (χ4v) is 2.85. The molecule has 0 spiro atoms. The van der Waals surface area contributed by atoms with Gasteiger partial charge in [0, 0.05) is 18.8 Å². The Morgan fingerprint density at radius 2 is 1.96 bits per heavy atom. The number of aromatic nitrogens is 2. The lowest BCUT2D eigenvalue weighted by Crippen LogP contribution is -2.32. The lowest BCUT2D eigenvalue weighted by molar-refractivity contribution is 0.0946. The number of hydrogen-bond donors (Lipinski definition) is 1. The van der Waals surface area contributed by atoms with Gasteiger partial charge < -0.3 is 10.2 Å². The molecule has 3 rings (SSSR count). The van der Waals surface area contributed by atoms with Crippen LogP contribution in [0, 0.1) is 12.7 Å². The Balaban J connectivity index is 1.70. The fourth-order valence-electron chi connectivity index (χ4n) is 2.85. The van der Waals surface area contributed by atoms with Crippen molar-refractivity contribution in [2.24, 2.45) is 0 Å². The molecule has 0 radical (unpaired) electrons. The van der Waals surface area contributed by atoms with Crippen molar-refractivity contribution < 1.29 is 9.18 Å². The van der Waals surface area contributed by atoms with E-state index in [0.717, 1.165) is 37.3 Å². The van der Waals surface area contributed by atoms with E-state index in [1.165, 1.54) is 18.6 Å². The van der Waals surface area contributed by atoms with Crippen LogP contribution in [0.3, 0.4) is 0 Å². The summed E-state index contributed by atoms with van der Waals surface area (Å²) in [7, 11) is 0. The number of aryl methyl sites for hydroxylation is 1. The first-order valence-corrected chi connectivity index (χ1v) is 8.26. The second-order valence-corrected chi connectivity index (χ2v) is 6.01. The Bertz CT molecular complexity index is 729. The minimum absolute atomic E-state index is 0.0412. The van der Waals surface area contributed by atoms with E-state index in [1.54, 1.807) is 12.1 Å². The van der Waals surface area contributed by atoms with Crippen LogP contribution in [0.15, 0.2) is 30.3 Å². The van der Waals surface area contributed by atoms with Gasteiger partial charge in [-0.1, -0.05) is 12.1 Å². The highest BCUT2D eigenvalue weighted by molar-refractivity contribution is 5.94. The van der Waals surface area contributed by atoms with Crippen molar-refractivity contribution in [1.82, 2.24) is 15.3 Å². The molecular formula is C18H21FN4O. The highest BCUT2D eigenvalue weighted by Gasteiger charge is 2.15. The molecule has 126 valence electrons. The molecule has 1 aliphatic heterocycles. The maximum Gasteiger partial charge on any atom is 0.254 e. The normalized spacial score (nSPS) is 14.5. The number of rotatable bonds is 4. The third kappa shape index (κ3) is 3.88. The monoisotopic (exact) mass is 328 g/mol. The van der Waals surface area contributed by atoms with Gasteiger partial charge in [0.25, 0.3) is 5.91 Å². The predicted molar refractivity (Wildman–Crippen MR) is 90.4 cm³/mol. The third-order valence-corrected chi connectivity index (χ3v) is 4.08. The van der Waals surface area contributed by atoms with Crippen LogP contribution in [0.4, 0.5) is 10.3 Å². The molecule has 2 heterocycles. The van der Waals surface area contributed by atoms with Crippen molar-refractivity contribution in [3.63, 3.8) is 0 Å². The summed E-state index contributed by atoms with van der Waals surface area (Å²) < 4.78 is 13.6. The zero-order chi connectivity index (χ0) is 16.9. The molecule has 0 saturated carbocycles. The van der Waals surface area contributed by atoms with Crippen molar-refractivity contribution in [2.75, 3.05) is 18.0 Å². The first-order valence-electron chi connectivity index (χ1n) is 8.26. The quantitative estimate of drug-likeness (QED) is 0.937. The van der Waals surface area contributed by atoms with Crippen LogP contribution < -0.4 is 10.2 Å². The van der Waals surface area contributed by atoms with Gasteiger partial charge in [-0.25, -0.2) is 14.4 Å². The van der Waals surface area contributed by atoms with Gasteiger partial charge in [-0.2, -0.15) is 0 Å². The van der Waals surface area contributed by atoms with Crippen molar-refractivity contribution in [3.8, 4) is 0 Å². The molecule has 6 heteroatoms. The number of carbonyl (C=O) groups excluding carboxylic acids is 1. The van der Waals surface area contributed by atoms with Gasteiger partial charge in [0.1, 0.15) is 5.82 Å². The average Bonchev–Trinajstić information content (AvgIpc) is 2.60. The van der Waals surface area contributed by atoms with Crippen molar-refractivity contribution in [1.29, 1.82) is 0 Å². The molecular weight excluding hydrogens is 307 g/mol. The van der Waals surface area contributed by atoms with E-state index in [0.29, 0.717) is 5.95 Å². The van der Waals surface area contributed by atoms with E-state index in [2.05, 4.69) is 20.2 Å². The van der Waals surface area contributed by atoms with Crippen LogP contribution in [-0.4, -0.2) is 29.0 Å². The van der Waals surface area contributed by atoms with E-state index < -0.39 is 11.7 Å². The number of nitrogens with one attached hydrogen (secondary N) is 1. The Morgan fingerprint density at radius 3 is 2.71 bits per heavy atom. The fraction of sp³-hybridized carbons (Fsp3) is 0.389. The molecule has 0 bridgehead atoms. The maximum absolute atomic E-state index is 13.6. The number of nitrogens with zero attached hydrogens (tertiary/aromatic N) is 3. The highest BCUT2D eigenvalue weighted by atomic mass is 19.1. The molecule has 0 aliphatic carbocycles. The minimum atomic E-state index is -0.525. The molecule has 2 aromatic rings. The van der Waals surface area contributed by atoms with E-state index in [9.17, 15) is 9.18 Å². The van der Waals surface area contributed by atoms with Crippen molar-refractivity contribution in [3.05, 3.63) is 53.1 Å². The topological polar surface area (TPSA) is 58.1 Å². The Hall–Kier alpha value is -2.50. The molecule has 1 aromatic carbocycles. The van der Waals surface area contributed by atoms with E-state index in [4.69, 9.17) is 0 Å². The summed E-state index contributed by atoms with van der Waals surface area (Å²) in [6.45, 7) is 4.09. The number of carbonyl (C=O) groups is 1. The highest BCUT2D eigenvalue weighted by Crippen LogP contribution is 2.16. The molecule has 1 N–H and O–H groups in total. The molecule has 1 fully saturated rings. The first kappa shape index (κ1) is 16.4. The molecule has 0 atom stereocenters. The SMILES string of the molecule is Cc1cc(CNC(=O)c2ccccc2F)nc(N2CCCCC2)n1. The lowest BCUT2D eigenvalue weighted by atomic mass is 10.1. The van der Waals surface area contributed by atoms with Gasteiger partial charge >= 0.3 is 0 Å². The number of hydrogen-bond acceptors (Lipinski definition) is 4. The smallest absolute Gasteiger partial charge is 0.254 e. The predicted octanol–water partition coefficient (Wildman–Crippen LogP) is 2.84. The third-order valence-electron chi connectivity index (χ3n) is 4.08. The number of halogens is 1. The van der Waals surface area contributed by atoms with E-state index in [1.807, 2.05) is 13.0 Å². The van der Waals surface area contributed by atoms with Gasteiger partial charge in [-0.05, 0) is 44.4 Å². The van der Waals surface area contributed by atoms with Crippen LogP contribution in [0.25, 0.3) is 0 Å². The van der Waals surface area contributed by atoms with Crippen LogP contribution in [-0.2, 0) is 6.54 Å². The Kier molecular flexibility index (Phi) is 5.03.